The molecule has 33 heavy (non-hydrogen) atoms. The van der Waals surface area contributed by atoms with Crippen LogP contribution >= 0.6 is 11.3 Å². The van der Waals surface area contributed by atoms with Crippen LogP contribution in [0.25, 0.3) is 10.2 Å². The number of benzene rings is 2. The third kappa shape index (κ3) is 4.02. The minimum Gasteiger partial charge on any atom is -0.368 e. The molecule has 2 aromatic heterocycles. The summed E-state index contributed by atoms with van der Waals surface area (Å²) in [5.41, 5.74) is 1.96. The van der Waals surface area contributed by atoms with Crippen LogP contribution in [0.3, 0.4) is 0 Å². The molecule has 1 saturated heterocycles. The van der Waals surface area contributed by atoms with E-state index in [0.29, 0.717) is 39.3 Å². The third-order valence-corrected chi connectivity index (χ3v) is 7.29. The van der Waals surface area contributed by atoms with Crippen molar-refractivity contribution < 1.29 is 9.18 Å². The first kappa shape index (κ1) is 21.3. The summed E-state index contributed by atoms with van der Waals surface area (Å²) in [6.07, 6.45) is 1.43. The molecule has 1 amide bonds. The molecule has 2 aromatic carbocycles. The van der Waals surface area contributed by atoms with Gasteiger partial charge in [-0.1, -0.05) is 36.4 Å². The highest BCUT2D eigenvalue weighted by atomic mass is 32.1. The Morgan fingerprint density at radius 1 is 1.03 bits per heavy atom. The van der Waals surface area contributed by atoms with Gasteiger partial charge in [0, 0.05) is 37.4 Å². The number of thiophene rings is 1. The Hall–Kier alpha value is -3.52. The number of rotatable bonds is 4. The molecule has 3 heterocycles. The zero-order chi connectivity index (χ0) is 22.9. The molecule has 1 aliphatic heterocycles. The van der Waals surface area contributed by atoms with E-state index in [9.17, 15) is 14.0 Å². The summed E-state index contributed by atoms with van der Waals surface area (Å²) in [5.74, 6) is -0.430. The first-order valence-corrected chi connectivity index (χ1v) is 11.7. The van der Waals surface area contributed by atoms with Gasteiger partial charge in [-0.2, -0.15) is 0 Å². The van der Waals surface area contributed by atoms with Crippen LogP contribution in [0.2, 0.25) is 0 Å². The lowest BCUT2D eigenvalue weighted by atomic mass is 10.1. The first-order chi connectivity index (χ1) is 16.0. The second-order valence-corrected chi connectivity index (χ2v) is 9.12. The van der Waals surface area contributed by atoms with E-state index in [0.717, 1.165) is 18.8 Å². The summed E-state index contributed by atoms with van der Waals surface area (Å²) in [6, 6.07) is 16.5. The van der Waals surface area contributed by atoms with Gasteiger partial charge in [-0.05, 0) is 30.7 Å². The Labute approximate surface area is 194 Å². The molecule has 0 saturated carbocycles. The van der Waals surface area contributed by atoms with E-state index < -0.39 is 0 Å². The van der Waals surface area contributed by atoms with Crippen LogP contribution in [-0.4, -0.2) is 46.5 Å². The minimum absolute atomic E-state index is 0.0664. The van der Waals surface area contributed by atoms with Crippen LogP contribution in [0.4, 0.5) is 10.1 Å². The van der Waals surface area contributed by atoms with Crippen molar-refractivity contribution in [3.05, 3.63) is 93.1 Å². The number of carbonyl (C=O) groups excluding carboxylic acids is 1. The van der Waals surface area contributed by atoms with E-state index in [2.05, 4.69) is 22.0 Å². The number of fused-ring (bicyclic) bond motifs is 1. The van der Waals surface area contributed by atoms with Gasteiger partial charge in [0.2, 0.25) is 0 Å². The van der Waals surface area contributed by atoms with Crippen molar-refractivity contribution in [1.82, 2.24) is 14.5 Å². The van der Waals surface area contributed by atoms with E-state index in [4.69, 9.17) is 0 Å². The lowest BCUT2D eigenvalue weighted by Crippen LogP contribution is -2.48. The molecule has 0 aliphatic carbocycles. The molecule has 1 fully saturated rings. The number of piperazine rings is 1. The molecular weight excluding hydrogens is 439 g/mol. The molecule has 0 spiro atoms. The minimum atomic E-state index is -0.364. The average Bonchev–Trinajstić information content (AvgIpc) is 3.19. The van der Waals surface area contributed by atoms with E-state index >= 15 is 0 Å². The smallest absolute Gasteiger partial charge is 0.264 e. The van der Waals surface area contributed by atoms with Gasteiger partial charge in [0.25, 0.3) is 11.5 Å². The Morgan fingerprint density at radius 2 is 1.73 bits per heavy atom. The van der Waals surface area contributed by atoms with Gasteiger partial charge in [-0.15, -0.1) is 11.3 Å². The Bertz CT molecular complexity index is 1370. The number of amides is 1. The van der Waals surface area contributed by atoms with Crippen molar-refractivity contribution in [1.29, 1.82) is 0 Å². The maximum atomic E-state index is 14.1. The Balaban J connectivity index is 1.38. The molecule has 0 bridgehead atoms. The zero-order valence-corrected chi connectivity index (χ0v) is 19.0. The number of nitrogens with zero attached hydrogens (tertiary/aromatic N) is 4. The molecule has 0 radical (unpaired) electrons. The number of para-hydroxylation sites is 1. The lowest BCUT2D eigenvalue weighted by molar-refractivity contribution is 0.0751. The van der Waals surface area contributed by atoms with Crippen LogP contribution in [0.1, 0.15) is 20.8 Å². The number of aromatic nitrogens is 2. The molecule has 6 nitrogen and oxygen atoms in total. The summed E-state index contributed by atoms with van der Waals surface area (Å²) < 4.78 is 15.5. The van der Waals surface area contributed by atoms with Gasteiger partial charge in [0.15, 0.2) is 0 Å². The van der Waals surface area contributed by atoms with E-state index in [1.807, 2.05) is 23.1 Å². The molecule has 5 rings (SSSR count). The number of hydrogen-bond acceptors (Lipinski definition) is 5. The topological polar surface area (TPSA) is 58.4 Å². The van der Waals surface area contributed by atoms with Crippen molar-refractivity contribution in [2.24, 2.45) is 0 Å². The largest absolute Gasteiger partial charge is 0.368 e. The molecule has 0 unspecified atom stereocenters. The number of hydrogen-bond donors (Lipinski definition) is 0. The molecule has 8 heteroatoms. The Morgan fingerprint density at radius 3 is 2.45 bits per heavy atom. The molecular formula is C25H23FN4O2S. The third-order valence-electron chi connectivity index (χ3n) is 6.10. The molecule has 0 N–H and O–H groups in total. The molecule has 1 aliphatic rings. The first-order valence-electron chi connectivity index (χ1n) is 10.8. The van der Waals surface area contributed by atoms with Crippen LogP contribution < -0.4 is 10.5 Å². The monoisotopic (exact) mass is 462 g/mol. The fourth-order valence-corrected chi connectivity index (χ4v) is 5.34. The van der Waals surface area contributed by atoms with Gasteiger partial charge in [-0.3, -0.25) is 14.2 Å². The highest BCUT2D eigenvalue weighted by Crippen LogP contribution is 2.29. The molecule has 4 aromatic rings. The highest BCUT2D eigenvalue weighted by molar-refractivity contribution is 7.20. The van der Waals surface area contributed by atoms with Crippen LogP contribution in [0, 0.1) is 12.7 Å². The van der Waals surface area contributed by atoms with Crippen LogP contribution in [0.5, 0.6) is 0 Å². The normalized spacial score (nSPS) is 14.1. The average molecular weight is 463 g/mol. The quantitative estimate of drug-likeness (QED) is 0.461. The van der Waals surface area contributed by atoms with Crippen molar-refractivity contribution in [3.8, 4) is 0 Å². The summed E-state index contributed by atoms with van der Waals surface area (Å²) >= 11 is 1.25. The fourth-order valence-electron chi connectivity index (χ4n) is 4.24. The van der Waals surface area contributed by atoms with Gasteiger partial charge >= 0.3 is 0 Å². The van der Waals surface area contributed by atoms with Crippen molar-refractivity contribution in [3.63, 3.8) is 0 Å². The second kappa shape index (κ2) is 8.78. The summed E-state index contributed by atoms with van der Waals surface area (Å²) in [7, 11) is 0. The van der Waals surface area contributed by atoms with Gasteiger partial charge in [-0.25, -0.2) is 9.37 Å². The Kier molecular flexibility index (Phi) is 5.68. The van der Waals surface area contributed by atoms with E-state index in [1.54, 1.807) is 25.1 Å². The maximum absolute atomic E-state index is 14.1. The van der Waals surface area contributed by atoms with E-state index in [1.165, 1.54) is 28.3 Å². The number of anilines is 1. The number of aryl methyl sites for hydroxylation is 1. The number of halogens is 1. The highest BCUT2D eigenvalue weighted by Gasteiger charge is 2.27. The van der Waals surface area contributed by atoms with Gasteiger partial charge < -0.3 is 9.80 Å². The summed E-state index contributed by atoms with van der Waals surface area (Å²) in [4.78, 5) is 36.1. The summed E-state index contributed by atoms with van der Waals surface area (Å²) in [6.45, 7) is 4.64. The predicted octanol–water partition coefficient (Wildman–Crippen LogP) is 3.92. The van der Waals surface area contributed by atoms with Crippen molar-refractivity contribution in [2.45, 2.75) is 13.5 Å². The standard InChI is InChI=1S/C25H23FN4O2S/c1-17-21-23(27-16-30(24(21)31)15-18-7-5-6-10-20(18)26)33-22(17)25(32)29-13-11-28(12-14-29)19-8-3-2-4-9-19/h2-10,16H,11-15H2,1H3. The zero-order valence-electron chi connectivity index (χ0n) is 18.2. The second-order valence-electron chi connectivity index (χ2n) is 8.12. The number of carbonyl (C=O) groups is 1. The van der Waals surface area contributed by atoms with E-state index in [-0.39, 0.29) is 23.8 Å². The SMILES string of the molecule is Cc1c(C(=O)N2CCN(c3ccccc3)CC2)sc2ncn(Cc3ccccc3F)c(=O)c12. The molecule has 168 valence electrons. The predicted molar refractivity (Wildman–Crippen MR) is 129 cm³/mol. The van der Waals surface area contributed by atoms with Crippen LogP contribution in [0.15, 0.2) is 65.7 Å². The van der Waals surface area contributed by atoms with Gasteiger partial charge in [0.1, 0.15) is 10.6 Å². The van der Waals surface area contributed by atoms with Gasteiger partial charge in [0.05, 0.1) is 23.1 Å². The van der Waals surface area contributed by atoms with Crippen molar-refractivity contribution in [2.75, 3.05) is 31.1 Å². The van der Waals surface area contributed by atoms with Crippen molar-refractivity contribution >= 4 is 33.1 Å². The summed E-state index contributed by atoms with van der Waals surface area (Å²) in [5, 5.41) is 0.435. The lowest BCUT2D eigenvalue weighted by Gasteiger charge is -2.36. The molecule has 0 atom stereocenters. The van der Waals surface area contributed by atoms with Crippen LogP contribution in [-0.2, 0) is 6.54 Å². The maximum Gasteiger partial charge on any atom is 0.264 e. The fraction of sp³-hybridized carbons (Fsp3) is 0.240.